The predicted octanol–water partition coefficient (Wildman–Crippen LogP) is 5.09. The summed E-state index contributed by atoms with van der Waals surface area (Å²) in [6, 6.07) is 6.50. The minimum atomic E-state index is -4.84. The predicted molar refractivity (Wildman–Crippen MR) is 108 cm³/mol. The highest BCUT2D eigenvalue weighted by Gasteiger charge is 2.47. The summed E-state index contributed by atoms with van der Waals surface area (Å²) >= 11 is 6.02. The minimum Gasteiger partial charge on any atom is -0.481 e. The second-order valence-corrected chi connectivity index (χ2v) is 7.93. The van der Waals surface area contributed by atoms with E-state index in [1.54, 1.807) is 0 Å². The maximum absolute atomic E-state index is 13.6. The number of aliphatic hydroxyl groups excluding tert-OH is 1. The van der Waals surface area contributed by atoms with E-state index in [0.29, 0.717) is 0 Å². The highest BCUT2D eigenvalue weighted by molar-refractivity contribution is 6.33. The number of carbonyl (C=O) groups excluding carboxylic acids is 1. The molecule has 0 aromatic heterocycles. The van der Waals surface area contributed by atoms with Gasteiger partial charge in [0.2, 0.25) is 5.91 Å². The van der Waals surface area contributed by atoms with Gasteiger partial charge in [-0.15, -0.1) is 8.78 Å². The van der Waals surface area contributed by atoms with E-state index in [2.05, 4.69) is 14.8 Å². The van der Waals surface area contributed by atoms with Gasteiger partial charge in [0.15, 0.2) is 11.5 Å². The fraction of sp³-hybridized carbons (Fsp3) is 0.333. The third-order valence-corrected chi connectivity index (χ3v) is 5.41. The van der Waals surface area contributed by atoms with Gasteiger partial charge in [0.05, 0.1) is 35.1 Å². The smallest absolute Gasteiger partial charge is 0.481 e. The topological polar surface area (TPSA) is 105 Å². The number of ether oxygens (including phenoxy) is 2. The largest absolute Gasteiger partial charge is 0.586 e. The maximum atomic E-state index is 13.6. The molecule has 184 valence electrons. The standard InChI is InChI=1S/C21H17ClF5NO6/c1-9(20(23,24)25)18(11-3-5-15-16(7-11)34-21(26,27)33-15)19(32)28-13-6-10(2-4-12(13)22)14(29)8-17(30)31/h2-7,9,14,18,29H,8H2,1H3,(H,28,32)(H,30,31)/t9-,14-,18+/m1/s1. The number of carboxylic acid groups (broad SMARTS) is 1. The Labute approximate surface area is 194 Å². The summed E-state index contributed by atoms with van der Waals surface area (Å²) < 4.78 is 75.9. The van der Waals surface area contributed by atoms with E-state index in [1.807, 2.05) is 0 Å². The van der Waals surface area contributed by atoms with Crippen molar-refractivity contribution in [2.75, 3.05) is 5.32 Å². The summed E-state index contributed by atoms with van der Waals surface area (Å²) in [6.07, 6.45) is -11.0. The van der Waals surface area contributed by atoms with Crippen LogP contribution in [0.4, 0.5) is 27.6 Å². The summed E-state index contributed by atoms with van der Waals surface area (Å²) in [4.78, 5) is 23.8. The van der Waals surface area contributed by atoms with Crippen molar-refractivity contribution in [2.45, 2.75) is 37.8 Å². The summed E-state index contributed by atoms with van der Waals surface area (Å²) in [7, 11) is 0. The van der Waals surface area contributed by atoms with Gasteiger partial charge in [-0.1, -0.05) is 30.7 Å². The number of fused-ring (bicyclic) bond motifs is 1. The SMILES string of the molecule is C[C@H]([C@H](C(=O)Nc1cc([C@H](O)CC(=O)O)ccc1Cl)c1ccc2c(c1)OC(F)(F)O2)C(F)(F)F. The van der Waals surface area contributed by atoms with E-state index >= 15 is 0 Å². The number of anilines is 1. The Bertz CT molecular complexity index is 1110. The van der Waals surface area contributed by atoms with E-state index < -0.39 is 60.2 Å². The lowest BCUT2D eigenvalue weighted by molar-refractivity contribution is -0.286. The second-order valence-electron chi connectivity index (χ2n) is 7.52. The Morgan fingerprint density at radius 1 is 1.09 bits per heavy atom. The van der Waals surface area contributed by atoms with Gasteiger partial charge in [0, 0.05) is 0 Å². The number of carboxylic acids is 1. The number of halogens is 6. The molecule has 1 amide bonds. The van der Waals surface area contributed by atoms with Crippen LogP contribution in [0, 0.1) is 5.92 Å². The Balaban J connectivity index is 1.95. The quantitative estimate of drug-likeness (QED) is 0.449. The van der Waals surface area contributed by atoms with Gasteiger partial charge in [-0.3, -0.25) is 9.59 Å². The van der Waals surface area contributed by atoms with Gasteiger partial charge < -0.3 is 25.0 Å². The summed E-state index contributed by atoms with van der Waals surface area (Å²) in [5.41, 5.74) is -0.409. The van der Waals surface area contributed by atoms with Gasteiger partial charge in [0.1, 0.15) is 0 Å². The molecule has 3 atom stereocenters. The average Bonchev–Trinajstić information content (AvgIpc) is 3.01. The van der Waals surface area contributed by atoms with Gasteiger partial charge in [-0.05, 0) is 35.4 Å². The van der Waals surface area contributed by atoms with Crippen LogP contribution in [0.1, 0.15) is 36.5 Å². The highest BCUT2D eigenvalue weighted by atomic mass is 35.5. The molecule has 3 rings (SSSR count). The zero-order chi connectivity index (χ0) is 25.4. The number of hydrogen-bond acceptors (Lipinski definition) is 5. The van der Waals surface area contributed by atoms with Crippen LogP contribution in [0.15, 0.2) is 36.4 Å². The number of alkyl halides is 5. The van der Waals surface area contributed by atoms with Crippen LogP contribution in [0.5, 0.6) is 11.5 Å². The van der Waals surface area contributed by atoms with Crippen LogP contribution in [0.3, 0.4) is 0 Å². The normalized spacial score (nSPS) is 17.1. The van der Waals surface area contributed by atoms with Crippen LogP contribution in [-0.2, 0) is 9.59 Å². The molecular formula is C21H17ClF5NO6. The van der Waals surface area contributed by atoms with Crippen molar-refractivity contribution in [1.82, 2.24) is 0 Å². The fourth-order valence-corrected chi connectivity index (χ4v) is 3.52. The van der Waals surface area contributed by atoms with Crippen LogP contribution >= 0.6 is 11.6 Å². The molecule has 0 fully saturated rings. The Hall–Kier alpha value is -3.12. The lowest BCUT2D eigenvalue weighted by atomic mass is 9.85. The van der Waals surface area contributed by atoms with E-state index in [-0.39, 0.29) is 21.8 Å². The number of aliphatic carboxylic acids is 1. The van der Waals surface area contributed by atoms with Crippen molar-refractivity contribution in [3.05, 3.63) is 52.5 Å². The highest BCUT2D eigenvalue weighted by Crippen LogP contribution is 2.45. The number of hydrogen-bond donors (Lipinski definition) is 3. The molecule has 0 bridgehead atoms. The van der Waals surface area contributed by atoms with E-state index in [0.717, 1.165) is 31.2 Å². The number of nitrogens with one attached hydrogen (secondary N) is 1. The lowest BCUT2D eigenvalue weighted by Gasteiger charge is -2.26. The van der Waals surface area contributed by atoms with Crippen molar-refractivity contribution >= 4 is 29.2 Å². The second kappa shape index (κ2) is 9.26. The van der Waals surface area contributed by atoms with E-state index in [4.69, 9.17) is 16.7 Å². The molecule has 1 aliphatic rings. The summed E-state index contributed by atoms with van der Waals surface area (Å²) in [5, 5.41) is 21.0. The summed E-state index contributed by atoms with van der Waals surface area (Å²) in [5.74, 6) is -7.59. The Kier molecular flexibility index (Phi) is 6.94. The fourth-order valence-electron chi connectivity index (χ4n) is 3.35. The molecule has 0 unspecified atom stereocenters. The van der Waals surface area contributed by atoms with Crippen LogP contribution in [-0.4, -0.2) is 34.6 Å². The molecule has 3 N–H and O–H groups in total. The Morgan fingerprint density at radius 2 is 1.71 bits per heavy atom. The van der Waals surface area contributed by atoms with Gasteiger partial charge in [0.25, 0.3) is 0 Å². The molecule has 0 saturated carbocycles. The Morgan fingerprint density at radius 3 is 2.32 bits per heavy atom. The number of aliphatic hydroxyl groups is 1. The monoisotopic (exact) mass is 509 g/mol. The molecule has 34 heavy (non-hydrogen) atoms. The molecule has 1 heterocycles. The number of carbonyl (C=O) groups is 2. The zero-order valence-electron chi connectivity index (χ0n) is 17.2. The van der Waals surface area contributed by atoms with E-state index in [9.17, 15) is 36.6 Å². The molecule has 7 nitrogen and oxygen atoms in total. The van der Waals surface area contributed by atoms with Crippen molar-refractivity contribution in [3.8, 4) is 11.5 Å². The molecule has 0 aliphatic carbocycles. The molecule has 0 spiro atoms. The molecule has 2 aromatic carbocycles. The molecule has 1 aliphatic heterocycles. The molecular weight excluding hydrogens is 493 g/mol. The third kappa shape index (κ3) is 5.68. The molecule has 2 aromatic rings. The zero-order valence-corrected chi connectivity index (χ0v) is 18.0. The van der Waals surface area contributed by atoms with Crippen LogP contribution < -0.4 is 14.8 Å². The molecule has 0 saturated heterocycles. The maximum Gasteiger partial charge on any atom is 0.586 e. The number of benzene rings is 2. The molecule has 13 heteroatoms. The van der Waals surface area contributed by atoms with Crippen LogP contribution in [0.2, 0.25) is 5.02 Å². The van der Waals surface area contributed by atoms with Crippen molar-refractivity contribution in [3.63, 3.8) is 0 Å². The first-order chi connectivity index (χ1) is 15.7. The summed E-state index contributed by atoms with van der Waals surface area (Å²) in [6.45, 7) is 0.748. The first-order valence-electron chi connectivity index (χ1n) is 9.64. The third-order valence-electron chi connectivity index (χ3n) is 5.08. The van der Waals surface area contributed by atoms with Crippen LogP contribution in [0.25, 0.3) is 0 Å². The average molecular weight is 510 g/mol. The first kappa shape index (κ1) is 25.5. The van der Waals surface area contributed by atoms with Gasteiger partial charge in [-0.25, -0.2) is 0 Å². The van der Waals surface area contributed by atoms with Crippen molar-refractivity contribution in [1.29, 1.82) is 0 Å². The van der Waals surface area contributed by atoms with Crippen molar-refractivity contribution < 1.29 is 51.2 Å². The minimum absolute atomic E-state index is 0.0489. The lowest BCUT2D eigenvalue weighted by Crippen LogP contribution is -2.34. The number of amides is 1. The number of rotatable bonds is 7. The molecule has 0 radical (unpaired) electrons. The van der Waals surface area contributed by atoms with Gasteiger partial charge >= 0.3 is 18.4 Å². The first-order valence-corrected chi connectivity index (χ1v) is 10.0. The van der Waals surface area contributed by atoms with Gasteiger partial charge in [-0.2, -0.15) is 13.2 Å². The van der Waals surface area contributed by atoms with E-state index in [1.165, 1.54) is 12.1 Å². The van der Waals surface area contributed by atoms with Crippen molar-refractivity contribution in [2.24, 2.45) is 5.92 Å².